The maximum Gasteiger partial charge on any atom is 0.339 e. The van der Waals surface area contributed by atoms with E-state index < -0.39 is 11.2 Å². The van der Waals surface area contributed by atoms with Gasteiger partial charge in [-0.15, -0.1) is 113 Å². The summed E-state index contributed by atoms with van der Waals surface area (Å²) in [5, 5.41) is 33.7. The lowest BCUT2D eigenvalue weighted by atomic mass is 9.80. The molecule has 0 radical (unpaired) electrons. The molecule has 10 heterocycles. The smallest absolute Gasteiger partial charge is 0.339 e. The minimum absolute atomic E-state index is 0.311. The van der Waals surface area contributed by atoms with Crippen molar-refractivity contribution in [1.82, 2.24) is 0 Å². The molecule has 5 aromatic carbocycles. The molecule has 90 heavy (non-hydrogen) atoms. The average molecular weight is 1430 g/mol. The number of hydrogen-bond acceptors (Lipinski definition) is 16. The minimum atomic E-state index is -1.30. The zero-order chi connectivity index (χ0) is 62.6. The Morgan fingerprint density at radius 1 is 0.356 bits per heavy atom. The first-order valence-corrected chi connectivity index (χ1v) is 37.6. The van der Waals surface area contributed by atoms with Gasteiger partial charge in [0, 0.05) is 53.9 Å². The fourth-order valence-corrected chi connectivity index (χ4v) is 23.4. The molecular weight excluding hydrogens is 1370 g/mol. The van der Waals surface area contributed by atoms with E-state index in [0.29, 0.717) is 11.1 Å². The van der Waals surface area contributed by atoms with E-state index in [-0.39, 0.29) is 11.9 Å². The number of thiophene rings is 10. The van der Waals surface area contributed by atoms with E-state index >= 15 is 0 Å². The number of halogens is 1. The molecule has 0 aliphatic heterocycles. The van der Waals surface area contributed by atoms with Crippen LogP contribution in [0, 0.1) is 34.6 Å². The van der Waals surface area contributed by atoms with Crippen LogP contribution in [-0.2, 0) is 20.7 Å². The third-order valence-electron chi connectivity index (χ3n) is 15.7. The molecule has 0 aliphatic carbocycles. The predicted molar refractivity (Wildman–Crippen MR) is 394 cm³/mol. The van der Waals surface area contributed by atoms with Crippen molar-refractivity contribution >= 4 is 179 Å². The van der Waals surface area contributed by atoms with Crippen molar-refractivity contribution in [1.29, 1.82) is 0 Å². The van der Waals surface area contributed by atoms with E-state index in [0.717, 1.165) is 99.1 Å². The van der Waals surface area contributed by atoms with Crippen molar-refractivity contribution in [3.63, 3.8) is 0 Å². The quantitative estimate of drug-likeness (QED) is 0.118. The van der Waals surface area contributed by atoms with Crippen LogP contribution in [-0.4, -0.2) is 36.4 Å². The lowest BCUT2D eigenvalue weighted by Crippen LogP contribution is -2.29. The summed E-state index contributed by atoms with van der Waals surface area (Å²) in [5.41, 5.74) is 9.79. The largest absolute Gasteiger partial charge is 0.465 e. The van der Waals surface area contributed by atoms with Crippen molar-refractivity contribution in [2.75, 3.05) is 14.2 Å². The molecule has 0 bridgehead atoms. The van der Waals surface area contributed by atoms with Crippen LogP contribution in [0.2, 0.25) is 0 Å². The standard InChI is InChI=1S/C46H36O2S5.C20H12O4S5.C7H7Br/c1-27-5-13-31(14-6-27)45(47,32-15-7-28(2)8-16-32)35-21-23-49-41(35)37-25-39-43(52-37)44-40(51-39)26-38(53-44)42-36(22-24-50-42)46(48,33-17-9-29(3)10-18-33)34-19-11-30(4)12-20-34;1-23-19(21)9-3-5-25-15(9)11-7-13-17(28-11)18-14(27-13)8-12(29-18)16-10(4-6-26-16)20(22)24-2;1-6-2-4-7(8)5-3-6/h5-26,47-48H,1-4H3;3-8H,1-2H3;2-5H,1H3. The summed E-state index contributed by atoms with van der Waals surface area (Å²) in [6, 6.07) is 58.0. The molecule has 0 unspecified atom stereocenters. The van der Waals surface area contributed by atoms with Crippen molar-refractivity contribution in [2.24, 2.45) is 0 Å². The van der Waals surface area contributed by atoms with Gasteiger partial charge in [0.2, 0.25) is 0 Å². The molecule has 0 saturated heterocycles. The maximum absolute atomic E-state index is 12.8. The Balaban J connectivity index is 0.000000167. The van der Waals surface area contributed by atoms with Crippen LogP contribution in [0.15, 0.2) is 196 Å². The molecule has 2 N–H and O–H groups in total. The number of ether oxygens (including phenoxy) is 2. The summed E-state index contributed by atoms with van der Waals surface area (Å²) in [5.74, 6) is -0.621. The molecule has 0 amide bonds. The molecule has 15 rings (SSSR count). The monoisotopic (exact) mass is 1430 g/mol. The number of fused-ring (bicyclic) bond motifs is 6. The second-order valence-corrected chi connectivity index (χ2v) is 32.7. The van der Waals surface area contributed by atoms with E-state index in [4.69, 9.17) is 9.47 Å². The van der Waals surface area contributed by atoms with E-state index in [1.54, 1.807) is 79.4 Å². The van der Waals surface area contributed by atoms with Gasteiger partial charge < -0.3 is 19.7 Å². The Labute approximate surface area is 569 Å². The highest BCUT2D eigenvalue weighted by atomic mass is 79.9. The van der Waals surface area contributed by atoms with Crippen LogP contribution in [0.4, 0.5) is 0 Å². The number of carbonyl (C=O) groups excluding carboxylic acids is 2. The van der Waals surface area contributed by atoms with Crippen LogP contribution in [0.3, 0.4) is 0 Å². The van der Waals surface area contributed by atoms with Gasteiger partial charge in [-0.05, 0) is 139 Å². The van der Waals surface area contributed by atoms with Crippen molar-refractivity contribution in [3.05, 3.63) is 268 Å². The van der Waals surface area contributed by atoms with Gasteiger partial charge in [0.1, 0.15) is 11.2 Å². The normalized spacial score (nSPS) is 11.8. The number of carbonyl (C=O) groups is 2. The number of aliphatic hydroxyl groups is 2. The first kappa shape index (κ1) is 62.3. The van der Waals surface area contributed by atoms with Crippen molar-refractivity contribution in [2.45, 2.75) is 45.8 Å². The summed E-state index contributed by atoms with van der Waals surface area (Å²) in [7, 11) is 2.81. The number of benzene rings is 5. The minimum Gasteiger partial charge on any atom is -0.465 e. The molecule has 0 aliphatic rings. The van der Waals surface area contributed by atoms with Gasteiger partial charge in [0.15, 0.2) is 0 Å². The second-order valence-electron chi connectivity index (χ2n) is 21.7. The van der Waals surface area contributed by atoms with Crippen molar-refractivity contribution < 1.29 is 29.3 Å². The molecule has 15 aromatic rings. The fraction of sp³-hybridized carbons (Fsp3) is 0.123. The Bertz CT molecular complexity index is 4650. The first-order chi connectivity index (χ1) is 43.5. The highest BCUT2D eigenvalue weighted by molar-refractivity contribution is 9.10. The molecule has 0 fully saturated rings. The van der Waals surface area contributed by atoms with Crippen molar-refractivity contribution in [3.8, 4) is 39.0 Å². The number of esters is 2. The zero-order valence-corrected chi connectivity index (χ0v) is 59.2. The average Bonchev–Trinajstić information content (AvgIpc) is 1.50. The molecule has 10 aromatic heterocycles. The zero-order valence-electron chi connectivity index (χ0n) is 49.5. The molecule has 450 valence electrons. The number of aryl methyl sites for hydroxylation is 5. The van der Waals surface area contributed by atoms with E-state index in [2.05, 4.69) is 207 Å². The van der Waals surface area contributed by atoms with Crippen LogP contribution >= 0.6 is 129 Å². The van der Waals surface area contributed by atoms with E-state index in [1.165, 1.54) is 57.4 Å². The fourth-order valence-electron chi connectivity index (χ4n) is 10.9. The third-order valence-corrected chi connectivity index (χ3v) is 28.1. The number of hydrogen-bond donors (Lipinski definition) is 2. The Hall–Kier alpha value is -6.52. The lowest BCUT2D eigenvalue weighted by molar-refractivity contribution is 0.0593. The van der Waals surface area contributed by atoms with Crippen LogP contribution in [0.25, 0.3) is 76.6 Å². The van der Waals surface area contributed by atoms with E-state index in [9.17, 15) is 19.8 Å². The number of methoxy groups -OCH3 is 2. The third kappa shape index (κ3) is 11.8. The molecule has 0 spiro atoms. The Morgan fingerprint density at radius 3 is 0.889 bits per heavy atom. The molecule has 6 nitrogen and oxygen atoms in total. The summed E-state index contributed by atoms with van der Waals surface area (Å²) < 4.78 is 20.9. The molecule has 0 saturated carbocycles. The van der Waals surface area contributed by atoms with Gasteiger partial charge in [-0.2, -0.15) is 0 Å². The lowest BCUT2D eigenvalue weighted by Gasteiger charge is -2.30. The topological polar surface area (TPSA) is 93.1 Å². The van der Waals surface area contributed by atoms with Crippen LogP contribution < -0.4 is 0 Å². The van der Waals surface area contributed by atoms with Gasteiger partial charge in [0.05, 0.1) is 63.7 Å². The Kier molecular flexibility index (Phi) is 17.9. The summed E-state index contributed by atoms with van der Waals surface area (Å²) >= 11 is 20.4. The van der Waals surface area contributed by atoms with E-state index in [1.807, 2.05) is 69.0 Å². The summed E-state index contributed by atoms with van der Waals surface area (Å²) in [6.45, 7) is 10.4. The molecular formula is C73H55BrO6S10. The molecule has 0 atom stereocenters. The van der Waals surface area contributed by atoms with Gasteiger partial charge >= 0.3 is 11.9 Å². The predicted octanol–water partition coefficient (Wildman–Crippen LogP) is 23.4. The highest BCUT2D eigenvalue weighted by Crippen LogP contribution is 2.55. The van der Waals surface area contributed by atoms with Gasteiger partial charge in [0.25, 0.3) is 0 Å². The Morgan fingerprint density at radius 2 is 0.611 bits per heavy atom. The van der Waals surface area contributed by atoms with Gasteiger partial charge in [-0.1, -0.05) is 153 Å². The molecule has 17 heteroatoms. The van der Waals surface area contributed by atoms with Gasteiger partial charge in [-0.3, -0.25) is 0 Å². The SMILES string of the molecule is COC(=O)c1ccsc1-c1cc2sc3cc(-c4sccc4C(=O)OC)sc3c2s1.Cc1ccc(Br)cc1.Cc1ccc(C(O)(c2ccc(C)cc2)c2ccsc2-c2cc3sc4cc(-c5sccc5C(O)(c5ccc(C)cc5)c5ccc(C)cc5)sc4c3s2)cc1. The first-order valence-electron chi connectivity index (χ1n) is 28.4. The summed E-state index contributed by atoms with van der Waals surface area (Å²) in [4.78, 5) is 32.6. The number of rotatable bonds is 12. The van der Waals surface area contributed by atoms with Crippen LogP contribution in [0.1, 0.15) is 81.9 Å². The highest BCUT2D eigenvalue weighted by Gasteiger charge is 2.39. The summed E-state index contributed by atoms with van der Waals surface area (Å²) in [6.07, 6.45) is 0. The van der Waals surface area contributed by atoms with Crippen LogP contribution in [0.5, 0.6) is 0 Å². The van der Waals surface area contributed by atoms with Gasteiger partial charge in [-0.25, -0.2) is 9.59 Å². The maximum atomic E-state index is 12.8. The second kappa shape index (κ2) is 25.9.